The predicted molar refractivity (Wildman–Crippen MR) is 84.6 cm³/mol. The van der Waals surface area contributed by atoms with E-state index in [9.17, 15) is 9.59 Å². The number of anilines is 1. The SMILES string of the molecule is CCOC(=O)c1cccc(C(=O)Nc2c(Cl)cccc2Cl)n1. The average molecular weight is 339 g/mol. The van der Waals surface area contributed by atoms with Gasteiger partial charge in [0.05, 0.1) is 22.3 Å². The maximum Gasteiger partial charge on any atom is 0.356 e. The molecule has 1 N–H and O–H groups in total. The normalized spacial score (nSPS) is 10.1. The third-order valence-electron chi connectivity index (χ3n) is 2.67. The zero-order valence-electron chi connectivity index (χ0n) is 11.6. The molecule has 0 radical (unpaired) electrons. The summed E-state index contributed by atoms with van der Waals surface area (Å²) in [7, 11) is 0. The lowest BCUT2D eigenvalue weighted by molar-refractivity contribution is 0.0519. The molecule has 114 valence electrons. The molecule has 0 aliphatic heterocycles. The molecule has 1 amide bonds. The highest BCUT2D eigenvalue weighted by Crippen LogP contribution is 2.30. The summed E-state index contributed by atoms with van der Waals surface area (Å²) >= 11 is 12.0. The molecule has 0 bridgehead atoms. The Morgan fingerprint density at radius 3 is 2.32 bits per heavy atom. The second-order valence-electron chi connectivity index (χ2n) is 4.18. The van der Waals surface area contributed by atoms with Crippen LogP contribution in [-0.4, -0.2) is 23.5 Å². The first kappa shape index (κ1) is 16.3. The van der Waals surface area contributed by atoms with Gasteiger partial charge in [0.15, 0.2) is 0 Å². The average Bonchev–Trinajstić information content (AvgIpc) is 2.51. The Morgan fingerprint density at radius 2 is 1.68 bits per heavy atom. The lowest BCUT2D eigenvalue weighted by Crippen LogP contribution is -2.16. The standard InChI is InChI=1S/C15H12Cl2N2O3/c1-2-22-15(21)12-8-4-7-11(18-12)14(20)19-13-9(16)5-3-6-10(13)17/h3-8H,2H2,1H3,(H,19,20). The number of nitrogens with one attached hydrogen (secondary N) is 1. The number of aromatic nitrogens is 1. The molecule has 22 heavy (non-hydrogen) atoms. The Balaban J connectivity index is 2.23. The lowest BCUT2D eigenvalue weighted by atomic mass is 10.2. The third-order valence-corrected chi connectivity index (χ3v) is 3.30. The van der Waals surface area contributed by atoms with E-state index < -0.39 is 11.9 Å². The van der Waals surface area contributed by atoms with E-state index in [0.717, 1.165) is 0 Å². The number of nitrogens with zero attached hydrogens (tertiary/aromatic N) is 1. The maximum absolute atomic E-state index is 12.2. The second kappa shape index (κ2) is 7.24. The van der Waals surface area contributed by atoms with Crippen LogP contribution in [0.1, 0.15) is 27.9 Å². The van der Waals surface area contributed by atoms with Crippen LogP contribution in [0.2, 0.25) is 10.0 Å². The van der Waals surface area contributed by atoms with E-state index in [2.05, 4.69) is 10.3 Å². The first-order valence-electron chi connectivity index (χ1n) is 6.42. The summed E-state index contributed by atoms with van der Waals surface area (Å²) in [5.74, 6) is -1.12. The van der Waals surface area contributed by atoms with Crippen LogP contribution >= 0.6 is 23.2 Å². The highest BCUT2D eigenvalue weighted by Gasteiger charge is 2.15. The summed E-state index contributed by atoms with van der Waals surface area (Å²) in [4.78, 5) is 27.8. The van der Waals surface area contributed by atoms with Crippen LogP contribution in [0, 0.1) is 0 Å². The van der Waals surface area contributed by atoms with E-state index in [-0.39, 0.29) is 18.0 Å². The van der Waals surface area contributed by atoms with Crippen LogP contribution < -0.4 is 5.32 Å². The van der Waals surface area contributed by atoms with Crippen molar-refractivity contribution < 1.29 is 14.3 Å². The first-order valence-corrected chi connectivity index (χ1v) is 7.18. The minimum Gasteiger partial charge on any atom is -0.461 e. The summed E-state index contributed by atoms with van der Waals surface area (Å²) in [5, 5.41) is 3.19. The lowest BCUT2D eigenvalue weighted by Gasteiger charge is -2.09. The smallest absolute Gasteiger partial charge is 0.356 e. The van der Waals surface area contributed by atoms with Crippen LogP contribution in [0.15, 0.2) is 36.4 Å². The number of carbonyl (C=O) groups excluding carboxylic acids is 2. The molecular formula is C15H12Cl2N2O3. The Labute approximate surface area is 137 Å². The fourth-order valence-corrected chi connectivity index (χ4v) is 2.17. The van der Waals surface area contributed by atoms with Crippen molar-refractivity contribution in [2.45, 2.75) is 6.92 Å². The van der Waals surface area contributed by atoms with Gasteiger partial charge in [0.2, 0.25) is 0 Å². The quantitative estimate of drug-likeness (QED) is 0.860. The zero-order valence-corrected chi connectivity index (χ0v) is 13.1. The van der Waals surface area contributed by atoms with Gasteiger partial charge in [-0.15, -0.1) is 0 Å². The number of halogens is 2. The van der Waals surface area contributed by atoms with Crippen molar-refractivity contribution in [2.75, 3.05) is 11.9 Å². The molecule has 5 nitrogen and oxygen atoms in total. The first-order chi connectivity index (χ1) is 10.5. The maximum atomic E-state index is 12.2. The Bertz CT molecular complexity index is 699. The number of amides is 1. The molecule has 2 rings (SSSR count). The van der Waals surface area contributed by atoms with Crippen molar-refractivity contribution in [3.8, 4) is 0 Å². The fraction of sp³-hybridized carbons (Fsp3) is 0.133. The number of hydrogen-bond acceptors (Lipinski definition) is 4. The molecule has 0 saturated carbocycles. The van der Waals surface area contributed by atoms with Crippen molar-refractivity contribution >= 4 is 40.8 Å². The second-order valence-corrected chi connectivity index (χ2v) is 4.99. The predicted octanol–water partition coefficient (Wildman–Crippen LogP) is 3.82. The van der Waals surface area contributed by atoms with Gasteiger partial charge >= 0.3 is 5.97 Å². The number of ether oxygens (including phenoxy) is 1. The third kappa shape index (κ3) is 3.75. The number of rotatable bonds is 4. The molecule has 0 saturated heterocycles. The van der Waals surface area contributed by atoms with Crippen LogP contribution in [0.5, 0.6) is 0 Å². The minimum atomic E-state index is -0.590. The van der Waals surface area contributed by atoms with Crippen molar-refractivity contribution in [3.63, 3.8) is 0 Å². The van der Waals surface area contributed by atoms with Crippen molar-refractivity contribution in [1.29, 1.82) is 0 Å². The van der Waals surface area contributed by atoms with Crippen LogP contribution in [0.3, 0.4) is 0 Å². The monoisotopic (exact) mass is 338 g/mol. The Morgan fingerprint density at radius 1 is 1.09 bits per heavy atom. The number of esters is 1. The number of carbonyl (C=O) groups is 2. The van der Waals surface area contributed by atoms with Crippen molar-refractivity contribution in [1.82, 2.24) is 4.98 Å². The van der Waals surface area contributed by atoms with Gasteiger partial charge in [-0.2, -0.15) is 0 Å². The summed E-state index contributed by atoms with van der Waals surface area (Å²) in [6, 6.07) is 9.36. The van der Waals surface area contributed by atoms with E-state index >= 15 is 0 Å². The molecule has 0 spiro atoms. The van der Waals surface area contributed by atoms with E-state index in [4.69, 9.17) is 27.9 Å². The molecule has 2 aromatic rings. The molecule has 0 fully saturated rings. The van der Waals surface area contributed by atoms with Crippen LogP contribution in [0.4, 0.5) is 5.69 Å². The molecule has 0 atom stereocenters. The van der Waals surface area contributed by atoms with Gasteiger partial charge in [0, 0.05) is 0 Å². The molecule has 0 unspecified atom stereocenters. The summed E-state index contributed by atoms with van der Waals surface area (Å²) in [5.41, 5.74) is 0.403. The highest BCUT2D eigenvalue weighted by atomic mass is 35.5. The van der Waals surface area contributed by atoms with Gasteiger partial charge < -0.3 is 10.1 Å². The molecule has 1 aromatic carbocycles. The number of benzene rings is 1. The van der Waals surface area contributed by atoms with E-state index in [1.54, 1.807) is 31.2 Å². The van der Waals surface area contributed by atoms with Crippen LogP contribution in [0.25, 0.3) is 0 Å². The fourth-order valence-electron chi connectivity index (χ4n) is 1.67. The Kier molecular flexibility index (Phi) is 5.35. The van der Waals surface area contributed by atoms with Gasteiger partial charge in [-0.3, -0.25) is 4.79 Å². The molecule has 0 aliphatic carbocycles. The van der Waals surface area contributed by atoms with Gasteiger partial charge in [0.25, 0.3) is 5.91 Å². The van der Waals surface area contributed by atoms with E-state index in [1.807, 2.05) is 0 Å². The van der Waals surface area contributed by atoms with Crippen molar-refractivity contribution in [2.24, 2.45) is 0 Å². The van der Waals surface area contributed by atoms with Gasteiger partial charge in [-0.25, -0.2) is 9.78 Å². The Hall–Kier alpha value is -2.11. The number of hydrogen-bond donors (Lipinski definition) is 1. The molecule has 7 heteroatoms. The molecule has 0 aliphatic rings. The zero-order chi connectivity index (χ0) is 16.1. The van der Waals surface area contributed by atoms with Gasteiger partial charge in [-0.05, 0) is 31.2 Å². The van der Waals surface area contributed by atoms with E-state index in [1.165, 1.54) is 12.1 Å². The summed E-state index contributed by atoms with van der Waals surface area (Å²) in [6.45, 7) is 1.92. The summed E-state index contributed by atoms with van der Waals surface area (Å²) in [6.07, 6.45) is 0. The topological polar surface area (TPSA) is 68.3 Å². The van der Waals surface area contributed by atoms with Crippen LogP contribution in [-0.2, 0) is 4.74 Å². The minimum absolute atomic E-state index is 0.0553. The molecular weight excluding hydrogens is 327 g/mol. The highest BCUT2D eigenvalue weighted by molar-refractivity contribution is 6.40. The van der Waals surface area contributed by atoms with Gasteiger partial charge in [-0.1, -0.05) is 35.3 Å². The number of pyridine rings is 1. The molecule has 1 heterocycles. The van der Waals surface area contributed by atoms with E-state index in [0.29, 0.717) is 15.7 Å². The summed E-state index contributed by atoms with van der Waals surface area (Å²) < 4.78 is 4.84. The number of para-hydroxylation sites is 1. The largest absolute Gasteiger partial charge is 0.461 e. The van der Waals surface area contributed by atoms with Gasteiger partial charge in [0.1, 0.15) is 11.4 Å². The van der Waals surface area contributed by atoms with Crippen molar-refractivity contribution in [3.05, 3.63) is 57.8 Å². The molecule has 1 aromatic heterocycles.